The molecule has 32 heavy (non-hydrogen) atoms. The maximum absolute atomic E-state index is 13.8. The highest BCUT2D eigenvalue weighted by atomic mass is 16.2. The molecule has 1 aliphatic rings. The van der Waals surface area contributed by atoms with Crippen LogP contribution in [0, 0.1) is 0 Å². The van der Waals surface area contributed by atoms with Crippen LogP contribution in [0.1, 0.15) is 61.5 Å². The Kier molecular flexibility index (Phi) is 6.95. The van der Waals surface area contributed by atoms with Gasteiger partial charge in [-0.05, 0) is 59.3 Å². The fourth-order valence-corrected chi connectivity index (χ4v) is 4.61. The molecule has 1 aliphatic heterocycles. The van der Waals surface area contributed by atoms with E-state index in [-0.39, 0.29) is 11.3 Å². The molecule has 1 heterocycles. The van der Waals surface area contributed by atoms with Crippen molar-refractivity contribution >= 4 is 16.7 Å². The van der Waals surface area contributed by atoms with Crippen molar-refractivity contribution in [2.24, 2.45) is 0 Å². The fraction of sp³-hybridized carbons (Fsp3) is 0.414. The average molecular weight is 429 g/mol. The first kappa shape index (κ1) is 22.5. The minimum Gasteiger partial charge on any atom is -0.333 e. The summed E-state index contributed by atoms with van der Waals surface area (Å²) >= 11 is 0. The van der Waals surface area contributed by atoms with Gasteiger partial charge in [-0.1, -0.05) is 87.9 Å². The molecule has 168 valence electrons. The summed E-state index contributed by atoms with van der Waals surface area (Å²) in [5.41, 5.74) is 3.44. The third kappa shape index (κ3) is 5.39. The first-order valence-corrected chi connectivity index (χ1v) is 12.0. The molecular weight excluding hydrogens is 392 g/mol. The summed E-state index contributed by atoms with van der Waals surface area (Å²) < 4.78 is 0. The van der Waals surface area contributed by atoms with Gasteiger partial charge in [-0.15, -0.1) is 0 Å². The molecular formula is C29H36N2O. The summed E-state index contributed by atoms with van der Waals surface area (Å²) in [5.74, 6) is 0.124. The molecule has 0 bridgehead atoms. The SMILES string of the molecule is CC(C)(C)c1ccc(CN(CCN2CCCCC2)C(=O)c2cccc3ccccc23)cc1. The van der Waals surface area contributed by atoms with E-state index >= 15 is 0 Å². The molecule has 0 spiro atoms. The minimum absolute atomic E-state index is 0.124. The molecule has 3 heteroatoms. The van der Waals surface area contributed by atoms with E-state index < -0.39 is 0 Å². The Morgan fingerprint density at radius 1 is 0.875 bits per heavy atom. The summed E-state index contributed by atoms with van der Waals surface area (Å²) in [4.78, 5) is 18.3. The highest BCUT2D eigenvalue weighted by molar-refractivity contribution is 6.07. The van der Waals surface area contributed by atoms with Crippen LogP contribution in [0.4, 0.5) is 0 Å². The summed E-state index contributed by atoms with van der Waals surface area (Å²) in [6, 6.07) is 23.0. The van der Waals surface area contributed by atoms with E-state index in [1.165, 1.54) is 30.4 Å². The molecule has 0 atom stereocenters. The van der Waals surface area contributed by atoms with Crippen LogP contribution in [0.25, 0.3) is 10.8 Å². The van der Waals surface area contributed by atoms with Crippen molar-refractivity contribution in [3.05, 3.63) is 83.4 Å². The minimum atomic E-state index is 0.124. The molecule has 1 saturated heterocycles. The standard InChI is InChI=1S/C29H36N2O/c1-29(2,3)25-16-14-23(15-17-25)22-31(21-20-30-18-7-4-8-19-30)28(32)27-13-9-11-24-10-5-6-12-26(24)27/h5-6,9-17H,4,7-8,18-22H2,1-3H3. The first-order chi connectivity index (χ1) is 15.4. The number of carbonyl (C=O) groups excluding carboxylic acids is 1. The second kappa shape index (κ2) is 9.87. The Labute approximate surface area is 193 Å². The quantitative estimate of drug-likeness (QED) is 0.462. The van der Waals surface area contributed by atoms with E-state index in [2.05, 4.69) is 68.1 Å². The molecule has 0 saturated carbocycles. The molecule has 0 N–H and O–H groups in total. The molecule has 0 unspecified atom stereocenters. The second-order valence-electron chi connectivity index (χ2n) is 10.1. The zero-order chi connectivity index (χ0) is 22.6. The van der Waals surface area contributed by atoms with Gasteiger partial charge in [0.1, 0.15) is 0 Å². The van der Waals surface area contributed by atoms with Crippen LogP contribution in [-0.4, -0.2) is 41.9 Å². The Balaban J connectivity index is 1.58. The predicted octanol–water partition coefficient (Wildman–Crippen LogP) is 6.27. The van der Waals surface area contributed by atoms with Crippen LogP contribution in [-0.2, 0) is 12.0 Å². The number of piperidine rings is 1. The van der Waals surface area contributed by atoms with Gasteiger partial charge in [0.15, 0.2) is 0 Å². The third-order valence-corrected chi connectivity index (χ3v) is 6.64. The summed E-state index contributed by atoms with van der Waals surface area (Å²) in [6.07, 6.45) is 3.87. The summed E-state index contributed by atoms with van der Waals surface area (Å²) in [6.45, 7) is 11.3. The highest BCUT2D eigenvalue weighted by Crippen LogP contribution is 2.24. The van der Waals surface area contributed by atoms with Gasteiger partial charge in [-0.3, -0.25) is 4.79 Å². The van der Waals surface area contributed by atoms with E-state index in [1.54, 1.807) is 0 Å². The van der Waals surface area contributed by atoms with Gasteiger partial charge in [0.25, 0.3) is 5.91 Å². The monoisotopic (exact) mass is 428 g/mol. The second-order valence-corrected chi connectivity index (χ2v) is 10.1. The molecule has 0 radical (unpaired) electrons. The van der Waals surface area contributed by atoms with Gasteiger partial charge < -0.3 is 9.80 Å². The fourth-order valence-electron chi connectivity index (χ4n) is 4.61. The maximum Gasteiger partial charge on any atom is 0.254 e. The lowest BCUT2D eigenvalue weighted by molar-refractivity contribution is 0.0717. The topological polar surface area (TPSA) is 23.6 Å². The van der Waals surface area contributed by atoms with E-state index in [0.29, 0.717) is 6.54 Å². The maximum atomic E-state index is 13.8. The highest BCUT2D eigenvalue weighted by Gasteiger charge is 2.21. The van der Waals surface area contributed by atoms with Crippen molar-refractivity contribution in [2.75, 3.05) is 26.2 Å². The van der Waals surface area contributed by atoms with Crippen molar-refractivity contribution in [3.8, 4) is 0 Å². The van der Waals surface area contributed by atoms with Crippen molar-refractivity contribution in [3.63, 3.8) is 0 Å². The molecule has 3 aromatic carbocycles. The number of hydrogen-bond acceptors (Lipinski definition) is 2. The normalized spacial score (nSPS) is 15.1. The number of likely N-dealkylation sites (tertiary alicyclic amines) is 1. The zero-order valence-corrected chi connectivity index (χ0v) is 19.8. The van der Waals surface area contributed by atoms with Gasteiger partial charge in [-0.25, -0.2) is 0 Å². The molecule has 1 fully saturated rings. The number of fused-ring (bicyclic) bond motifs is 1. The van der Waals surface area contributed by atoms with Gasteiger partial charge in [0.2, 0.25) is 0 Å². The lowest BCUT2D eigenvalue weighted by Crippen LogP contribution is -2.40. The average Bonchev–Trinajstić information content (AvgIpc) is 2.81. The van der Waals surface area contributed by atoms with E-state index in [9.17, 15) is 4.79 Å². The molecule has 1 amide bonds. The largest absolute Gasteiger partial charge is 0.333 e. The predicted molar refractivity (Wildman–Crippen MR) is 134 cm³/mol. The van der Waals surface area contributed by atoms with Gasteiger partial charge in [0.05, 0.1) is 0 Å². The van der Waals surface area contributed by atoms with E-state index in [0.717, 1.165) is 42.5 Å². The summed E-state index contributed by atoms with van der Waals surface area (Å²) in [5, 5.41) is 2.15. The Hall–Kier alpha value is -2.65. The Morgan fingerprint density at radius 3 is 2.28 bits per heavy atom. The molecule has 4 rings (SSSR count). The van der Waals surface area contributed by atoms with E-state index in [4.69, 9.17) is 0 Å². The van der Waals surface area contributed by atoms with Crippen LogP contribution in [0.15, 0.2) is 66.7 Å². The lowest BCUT2D eigenvalue weighted by atomic mass is 9.87. The third-order valence-electron chi connectivity index (χ3n) is 6.64. The van der Waals surface area contributed by atoms with Gasteiger partial charge in [0, 0.05) is 25.2 Å². The van der Waals surface area contributed by atoms with Crippen LogP contribution >= 0.6 is 0 Å². The van der Waals surface area contributed by atoms with Gasteiger partial charge >= 0.3 is 0 Å². The molecule has 0 aliphatic carbocycles. The number of carbonyl (C=O) groups is 1. The molecule has 3 nitrogen and oxygen atoms in total. The Bertz CT molecular complexity index is 1040. The van der Waals surface area contributed by atoms with Crippen molar-refractivity contribution in [2.45, 2.75) is 52.0 Å². The Morgan fingerprint density at radius 2 is 1.56 bits per heavy atom. The van der Waals surface area contributed by atoms with Crippen molar-refractivity contribution in [1.82, 2.24) is 9.80 Å². The summed E-state index contributed by atoms with van der Waals surface area (Å²) in [7, 11) is 0. The zero-order valence-electron chi connectivity index (χ0n) is 19.8. The first-order valence-electron chi connectivity index (χ1n) is 12.0. The lowest BCUT2D eigenvalue weighted by Gasteiger charge is -2.30. The molecule has 0 aromatic heterocycles. The van der Waals surface area contributed by atoms with Crippen LogP contribution in [0.2, 0.25) is 0 Å². The van der Waals surface area contributed by atoms with Crippen molar-refractivity contribution in [1.29, 1.82) is 0 Å². The number of amides is 1. The van der Waals surface area contributed by atoms with Crippen molar-refractivity contribution < 1.29 is 4.79 Å². The smallest absolute Gasteiger partial charge is 0.254 e. The number of rotatable bonds is 6. The van der Waals surface area contributed by atoms with Crippen LogP contribution in [0.5, 0.6) is 0 Å². The number of nitrogens with zero attached hydrogens (tertiary/aromatic N) is 2. The van der Waals surface area contributed by atoms with Gasteiger partial charge in [-0.2, -0.15) is 0 Å². The van der Waals surface area contributed by atoms with Crippen LogP contribution < -0.4 is 0 Å². The molecule has 3 aromatic rings. The number of hydrogen-bond donors (Lipinski definition) is 0. The van der Waals surface area contributed by atoms with Crippen LogP contribution in [0.3, 0.4) is 0 Å². The number of benzene rings is 3. The van der Waals surface area contributed by atoms with E-state index in [1.807, 2.05) is 29.2 Å².